The fourth-order valence-corrected chi connectivity index (χ4v) is 0.503. The SMILES string of the molecule is CNC(=O)NCCNC(C)=O. The number of urea groups is 1. The van der Waals surface area contributed by atoms with Gasteiger partial charge in [-0.05, 0) is 0 Å². The normalized spacial score (nSPS) is 8.55. The first kappa shape index (κ1) is 9.74. The lowest BCUT2D eigenvalue weighted by molar-refractivity contribution is -0.118. The average molecular weight is 159 g/mol. The minimum Gasteiger partial charge on any atom is -0.355 e. The summed E-state index contributed by atoms with van der Waals surface area (Å²) < 4.78 is 0. The van der Waals surface area contributed by atoms with Gasteiger partial charge in [-0.3, -0.25) is 4.79 Å². The highest BCUT2D eigenvalue weighted by atomic mass is 16.2. The van der Waals surface area contributed by atoms with Crippen molar-refractivity contribution in [3.05, 3.63) is 0 Å². The maximum absolute atomic E-state index is 10.5. The molecule has 64 valence electrons. The number of carbonyl (C=O) groups is 2. The van der Waals surface area contributed by atoms with Gasteiger partial charge in [-0.1, -0.05) is 0 Å². The van der Waals surface area contributed by atoms with E-state index in [0.717, 1.165) is 0 Å². The van der Waals surface area contributed by atoms with Crippen molar-refractivity contribution in [2.24, 2.45) is 0 Å². The first-order valence-electron chi connectivity index (χ1n) is 3.37. The van der Waals surface area contributed by atoms with Crippen LogP contribution in [-0.2, 0) is 4.79 Å². The molecule has 0 bridgehead atoms. The summed E-state index contributed by atoms with van der Waals surface area (Å²) in [5.74, 6) is -0.0938. The van der Waals surface area contributed by atoms with Gasteiger partial charge in [0.1, 0.15) is 0 Å². The summed E-state index contributed by atoms with van der Waals surface area (Å²) in [4.78, 5) is 20.8. The van der Waals surface area contributed by atoms with E-state index in [9.17, 15) is 9.59 Å². The molecular weight excluding hydrogens is 146 g/mol. The lowest BCUT2D eigenvalue weighted by atomic mass is 10.6. The standard InChI is InChI=1S/C6H13N3O2/c1-5(10)8-3-4-9-6(11)7-2/h3-4H2,1-2H3,(H,8,10)(H2,7,9,11). The summed E-state index contributed by atoms with van der Waals surface area (Å²) in [5.41, 5.74) is 0. The minimum absolute atomic E-state index is 0.0938. The van der Waals surface area contributed by atoms with Crippen molar-refractivity contribution >= 4 is 11.9 Å². The van der Waals surface area contributed by atoms with Crippen LogP contribution in [0.2, 0.25) is 0 Å². The number of amides is 3. The molecule has 0 saturated carbocycles. The zero-order chi connectivity index (χ0) is 8.69. The maximum atomic E-state index is 10.5. The molecule has 0 unspecified atom stereocenters. The van der Waals surface area contributed by atoms with E-state index in [2.05, 4.69) is 16.0 Å². The van der Waals surface area contributed by atoms with Crippen molar-refractivity contribution in [3.8, 4) is 0 Å². The largest absolute Gasteiger partial charge is 0.355 e. The van der Waals surface area contributed by atoms with Crippen LogP contribution in [0.25, 0.3) is 0 Å². The number of carbonyl (C=O) groups excluding carboxylic acids is 2. The van der Waals surface area contributed by atoms with Gasteiger partial charge in [-0.2, -0.15) is 0 Å². The van der Waals surface area contributed by atoms with Crippen LogP contribution in [0.5, 0.6) is 0 Å². The van der Waals surface area contributed by atoms with E-state index in [1.165, 1.54) is 14.0 Å². The lowest BCUT2D eigenvalue weighted by Gasteiger charge is -2.03. The van der Waals surface area contributed by atoms with E-state index in [4.69, 9.17) is 0 Å². The molecule has 0 fully saturated rings. The quantitative estimate of drug-likeness (QED) is 0.465. The van der Waals surface area contributed by atoms with E-state index < -0.39 is 0 Å². The second-order valence-electron chi connectivity index (χ2n) is 1.99. The Morgan fingerprint density at radius 1 is 1.18 bits per heavy atom. The second-order valence-corrected chi connectivity index (χ2v) is 1.99. The third-order valence-electron chi connectivity index (χ3n) is 1.01. The van der Waals surface area contributed by atoms with Crippen molar-refractivity contribution in [1.82, 2.24) is 16.0 Å². The molecule has 0 aliphatic heterocycles. The minimum atomic E-state index is -0.240. The van der Waals surface area contributed by atoms with Gasteiger partial charge in [0.15, 0.2) is 0 Å². The summed E-state index contributed by atoms with van der Waals surface area (Å²) in [7, 11) is 1.54. The van der Waals surface area contributed by atoms with Gasteiger partial charge in [-0.25, -0.2) is 4.79 Å². The van der Waals surface area contributed by atoms with Crippen LogP contribution in [0.1, 0.15) is 6.92 Å². The Morgan fingerprint density at radius 2 is 1.73 bits per heavy atom. The zero-order valence-corrected chi connectivity index (χ0v) is 6.73. The molecule has 0 heterocycles. The molecule has 5 heteroatoms. The second kappa shape index (κ2) is 5.52. The van der Waals surface area contributed by atoms with Crippen LogP contribution in [0, 0.1) is 0 Å². The van der Waals surface area contributed by atoms with Gasteiger partial charge < -0.3 is 16.0 Å². The Kier molecular flexibility index (Phi) is 4.89. The molecule has 0 radical (unpaired) electrons. The van der Waals surface area contributed by atoms with Crippen molar-refractivity contribution < 1.29 is 9.59 Å². The average Bonchev–Trinajstić information content (AvgIpc) is 1.97. The smallest absolute Gasteiger partial charge is 0.314 e. The van der Waals surface area contributed by atoms with Crippen LogP contribution in [0.4, 0.5) is 4.79 Å². The molecule has 0 rings (SSSR count). The van der Waals surface area contributed by atoms with Gasteiger partial charge >= 0.3 is 6.03 Å². The number of hydrogen-bond donors (Lipinski definition) is 3. The summed E-state index contributed by atoms with van der Waals surface area (Å²) in [5, 5.41) is 7.46. The molecular formula is C6H13N3O2. The third-order valence-corrected chi connectivity index (χ3v) is 1.01. The van der Waals surface area contributed by atoms with E-state index in [-0.39, 0.29) is 11.9 Å². The third kappa shape index (κ3) is 6.63. The summed E-state index contributed by atoms with van der Waals surface area (Å²) in [6, 6.07) is -0.240. The molecule has 0 atom stereocenters. The molecule has 11 heavy (non-hydrogen) atoms. The van der Waals surface area contributed by atoms with Crippen LogP contribution in [-0.4, -0.2) is 32.1 Å². The molecule has 0 aromatic carbocycles. The Morgan fingerprint density at radius 3 is 2.18 bits per heavy atom. The lowest BCUT2D eigenvalue weighted by Crippen LogP contribution is -2.38. The van der Waals surface area contributed by atoms with Crippen molar-refractivity contribution in [1.29, 1.82) is 0 Å². The molecule has 0 aromatic rings. The van der Waals surface area contributed by atoms with Gasteiger partial charge in [0.2, 0.25) is 5.91 Å². The Labute approximate surface area is 65.5 Å². The van der Waals surface area contributed by atoms with Crippen LogP contribution in [0.15, 0.2) is 0 Å². The summed E-state index contributed by atoms with van der Waals surface area (Å²) in [6.45, 7) is 2.34. The van der Waals surface area contributed by atoms with E-state index in [1.54, 1.807) is 0 Å². The fraction of sp³-hybridized carbons (Fsp3) is 0.667. The summed E-state index contributed by atoms with van der Waals surface area (Å²) in [6.07, 6.45) is 0. The topological polar surface area (TPSA) is 70.2 Å². The molecule has 3 N–H and O–H groups in total. The number of nitrogens with one attached hydrogen (secondary N) is 3. The zero-order valence-electron chi connectivity index (χ0n) is 6.73. The van der Waals surface area contributed by atoms with Gasteiger partial charge in [-0.15, -0.1) is 0 Å². The van der Waals surface area contributed by atoms with Crippen LogP contribution < -0.4 is 16.0 Å². The van der Waals surface area contributed by atoms with Gasteiger partial charge in [0, 0.05) is 27.1 Å². The Balaban J connectivity index is 3.14. The fourth-order valence-electron chi connectivity index (χ4n) is 0.503. The number of hydrogen-bond acceptors (Lipinski definition) is 2. The van der Waals surface area contributed by atoms with Crippen molar-refractivity contribution in [2.45, 2.75) is 6.92 Å². The predicted molar refractivity (Wildman–Crippen MR) is 41.1 cm³/mol. The van der Waals surface area contributed by atoms with Gasteiger partial charge in [0.25, 0.3) is 0 Å². The van der Waals surface area contributed by atoms with E-state index in [0.29, 0.717) is 13.1 Å². The van der Waals surface area contributed by atoms with E-state index >= 15 is 0 Å². The maximum Gasteiger partial charge on any atom is 0.314 e. The van der Waals surface area contributed by atoms with Crippen molar-refractivity contribution in [2.75, 3.05) is 20.1 Å². The highest BCUT2D eigenvalue weighted by Crippen LogP contribution is 1.62. The molecule has 0 aliphatic carbocycles. The first-order chi connectivity index (χ1) is 5.16. The van der Waals surface area contributed by atoms with E-state index in [1.807, 2.05) is 0 Å². The Hall–Kier alpha value is -1.26. The molecule has 0 spiro atoms. The van der Waals surface area contributed by atoms with Gasteiger partial charge in [0.05, 0.1) is 0 Å². The highest BCUT2D eigenvalue weighted by Gasteiger charge is 1.93. The molecule has 5 nitrogen and oxygen atoms in total. The Bertz CT molecular complexity index is 147. The predicted octanol–water partition coefficient (Wildman–Crippen LogP) is -0.948. The van der Waals surface area contributed by atoms with Crippen molar-refractivity contribution in [3.63, 3.8) is 0 Å². The molecule has 0 aromatic heterocycles. The summed E-state index contributed by atoms with van der Waals surface area (Å²) >= 11 is 0. The first-order valence-corrected chi connectivity index (χ1v) is 3.37. The monoisotopic (exact) mass is 159 g/mol. The van der Waals surface area contributed by atoms with Crippen LogP contribution >= 0.6 is 0 Å². The molecule has 3 amide bonds. The number of rotatable bonds is 3. The molecule has 0 saturated heterocycles. The van der Waals surface area contributed by atoms with Crippen LogP contribution in [0.3, 0.4) is 0 Å². The molecule has 0 aliphatic rings. The highest BCUT2D eigenvalue weighted by molar-refractivity contribution is 5.74.